The Morgan fingerprint density at radius 2 is 1.76 bits per heavy atom. The van der Waals surface area contributed by atoms with Gasteiger partial charge in [-0.1, -0.05) is 44.2 Å². The number of phenolic OH excluding ortho intramolecular Hbond substituents is 1. The van der Waals surface area contributed by atoms with E-state index in [9.17, 15) is 14.7 Å². The van der Waals surface area contributed by atoms with Crippen LogP contribution in [0.4, 0.5) is 5.69 Å². The summed E-state index contributed by atoms with van der Waals surface area (Å²) < 4.78 is 11.0. The zero-order valence-corrected chi connectivity index (χ0v) is 19.2. The lowest BCUT2D eigenvalue weighted by Crippen LogP contribution is -2.21. The van der Waals surface area contributed by atoms with E-state index in [4.69, 9.17) is 9.47 Å². The average Bonchev–Trinajstić information content (AvgIpc) is 2.83. The van der Waals surface area contributed by atoms with E-state index in [0.29, 0.717) is 17.1 Å². The molecule has 34 heavy (non-hydrogen) atoms. The molecule has 0 bridgehead atoms. The Kier molecular flexibility index (Phi) is 8.23. The van der Waals surface area contributed by atoms with Crippen LogP contribution in [0.1, 0.15) is 41.3 Å². The lowest BCUT2D eigenvalue weighted by Gasteiger charge is -2.15. The summed E-state index contributed by atoms with van der Waals surface area (Å²) >= 11 is 0. The van der Waals surface area contributed by atoms with Crippen molar-refractivity contribution in [2.75, 3.05) is 19.0 Å². The van der Waals surface area contributed by atoms with Crippen LogP contribution in [0.25, 0.3) is 0 Å². The second-order valence-electron chi connectivity index (χ2n) is 7.71. The minimum atomic E-state index is -0.536. The first-order chi connectivity index (χ1) is 16.4. The second-order valence-corrected chi connectivity index (χ2v) is 7.71. The van der Waals surface area contributed by atoms with Gasteiger partial charge in [-0.05, 0) is 53.4 Å². The largest absolute Gasteiger partial charge is 0.507 e. The van der Waals surface area contributed by atoms with Crippen molar-refractivity contribution < 1.29 is 24.2 Å². The normalized spacial score (nSPS) is 10.8. The summed E-state index contributed by atoms with van der Waals surface area (Å²) in [6.07, 6.45) is 1.43. The maximum Gasteiger partial charge on any atom is 0.275 e. The SMILES string of the molecule is COc1cc(C=NNC(=O)c2ccccc2O)ccc1OCC(=O)Nc1ccccc1C(C)C. The highest BCUT2D eigenvalue weighted by molar-refractivity contribution is 5.97. The second kappa shape index (κ2) is 11.5. The average molecular weight is 462 g/mol. The molecule has 8 heteroatoms. The molecule has 0 aliphatic rings. The zero-order chi connectivity index (χ0) is 24.5. The van der Waals surface area contributed by atoms with Gasteiger partial charge in [0.15, 0.2) is 18.1 Å². The fourth-order valence-corrected chi connectivity index (χ4v) is 3.22. The van der Waals surface area contributed by atoms with Crippen molar-refractivity contribution in [1.29, 1.82) is 0 Å². The molecular weight excluding hydrogens is 434 g/mol. The van der Waals surface area contributed by atoms with Gasteiger partial charge in [-0.25, -0.2) is 5.43 Å². The van der Waals surface area contributed by atoms with Crippen LogP contribution in [0.2, 0.25) is 0 Å². The fraction of sp³-hybridized carbons (Fsp3) is 0.192. The van der Waals surface area contributed by atoms with Crippen LogP contribution in [0, 0.1) is 0 Å². The van der Waals surface area contributed by atoms with Crippen molar-refractivity contribution in [2.24, 2.45) is 5.10 Å². The molecule has 0 saturated heterocycles. The molecule has 0 radical (unpaired) electrons. The van der Waals surface area contributed by atoms with Gasteiger partial charge in [-0.15, -0.1) is 0 Å². The number of para-hydroxylation sites is 2. The van der Waals surface area contributed by atoms with E-state index >= 15 is 0 Å². The Morgan fingerprint density at radius 1 is 1.03 bits per heavy atom. The van der Waals surface area contributed by atoms with E-state index < -0.39 is 5.91 Å². The van der Waals surface area contributed by atoms with Gasteiger partial charge in [-0.3, -0.25) is 9.59 Å². The van der Waals surface area contributed by atoms with Crippen molar-refractivity contribution in [2.45, 2.75) is 19.8 Å². The number of amides is 2. The molecular formula is C26H27N3O5. The van der Waals surface area contributed by atoms with Crippen LogP contribution in [0.3, 0.4) is 0 Å². The number of anilines is 1. The van der Waals surface area contributed by atoms with Gasteiger partial charge in [-0.2, -0.15) is 5.10 Å². The van der Waals surface area contributed by atoms with Gasteiger partial charge in [0, 0.05) is 5.69 Å². The van der Waals surface area contributed by atoms with Gasteiger partial charge >= 0.3 is 0 Å². The molecule has 0 unspecified atom stereocenters. The van der Waals surface area contributed by atoms with Crippen molar-refractivity contribution >= 4 is 23.7 Å². The molecule has 8 nitrogen and oxygen atoms in total. The summed E-state index contributed by atoms with van der Waals surface area (Å²) in [7, 11) is 1.49. The highest BCUT2D eigenvalue weighted by Crippen LogP contribution is 2.28. The van der Waals surface area contributed by atoms with Crippen molar-refractivity contribution in [3.05, 3.63) is 83.4 Å². The Labute approximate surface area is 198 Å². The summed E-state index contributed by atoms with van der Waals surface area (Å²) in [5.41, 5.74) is 4.93. The van der Waals surface area contributed by atoms with Gasteiger partial charge in [0.2, 0.25) is 0 Å². The molecule has 3 rings (SSSR count). The topological polar surface area (TPSA) is 109 Å². The quantitative estimate of drug-likeness (QED) is 0.325. The Balaban J connectivity index is 1.59. The minimum absolute atomic E-state index is 0.121. The Morgan fingerprint density at radius 3 is 2.50 bits per heavy atom. The molecule has 0 aliphatic carbocycles. The summed E-state index contributed by atoms with van der Waals surface area (Å²) in [5.74, 6) is 0.125. The van der Waals surface area contributed by atoms with Crippen molar-refractivity contribution in [3.8, 4) is 17.2 Å². The standard InChI is InChI=1S/C26H27N3O5/c1-17(2)19-8-4-6-10-21(19)28-25(31)16-34-23-13-12-18(14-24(23)33-3)15-27-29-26(32)20-9-5-7-11-22(20)30/h4-15,17,30H,16H2,1-3H3,(H,28,31)(H,29,32). The number of carbonyl (C=O) groups excluding carboxylic acids is 2. The van der Waals surface area contributed by atoms with Crippen molar-refractivity contribution in [3.63, 3.8) is 0 Å². The van der Waals surface area contributed by atoms with E-state index in [1.807, 2.05) is 24.3 Å². The molecule has 0 fully saturated rings. The Bertz CT molecular complexity index is 1190. The molecule has 3 aromatic rings. The number of hydrazone groups is 1. The Hall–Kier alpha value is -4.33. The van der Waals surface area contributed by atoms with E-state index in [1.165, 1.54) is 25.5 Å². The third-order valence-electron chi connectivity index (χ3n) is 4.93. The van der Waals surface area contributed by atoms with Crippen LogP contribution in [-0.4, -0.2) is 36.9 Å². The van der Waals surface area contributed by atoms with Gasteiger partial charge < -0.3 is 19.9 Å². The lowest BCUT2D eigenvalue weighted by atomic mass is 10.0. The number of nitrogens with one attached hydrogen (secondary N) is 2. The molecule has 2 amide bonds. The van der Waals surface area contributed by atoms with Gasteiger partial charge in [0.05, 0.1) is 18.9 Å². The predicted molar refractivity (Wildman–Crippen MR) is 131 cm³/mol. The molecule has 176 valence electrons. The molecule has 3 aromatic carbocycles. The van der Waals surface area contributed by atoms with Crippen LogP contribution >= 0.6 is 0 Å². The number of methoxy groups -OCH3 is 1. The van der Waals surface area contributed by atoms with Crippen LogP contribution in [0.5, 0.6) is 17.2 Å². The van der Waals surface area contributed by atoms with Crippen LogP contribution in [0.15, 0.2) is 71.8 Å². The molecule has 0 atom stereocenters. The number of benzene rings is 3. The fourth-order valence-electron chi connectivity index (χ4n) is 3.22. The van der Waals surface area contributed by atoms with Gasteiger partial charge in [0.25, 0.3) is 11.8 Å². The van der Waals surface area contributed by atoms with E-state index in [0.717, 1.165) is 11.3 Å². The summed E-state index contributed by atoms with van der Waals surface area (Å²) in [6.45, 7) is 3.94. The van der Waals surface area contributed by atoms with Gasteiger partial charge in [0.1, 0.15) is 5.75 Å². The summed E-state index contributed by atoms with van der Waals surface area (Å²) in [5, 5.41) is 16.5. The molecule has 0 saturated carbocycles. The minimum Gasteiger partial charge on any atom is -0.507 e. The van der Waals surface area contributed by atoms with Crippen LogP contribution in [-0.2, 0) is 4.79 Å². The monoisotopic (exact) mass is 461 g/mol. The number of rotatable bonds is 9. The number of carbonyl (C=O) groups is 2. The first-order valence-corrected chi connectivity index (χ1v) is 10.7. The predicted octanol–water partition coefficient (Wildman–Crippen LogP) is 4.31. The van der Waals surface area contributed by atoms with E-state index in [-0.39, 0.29) is 29.7 Å². The van der Waals surface area contributed by atoms with E-state index in [1.54, 1.807) is 30.3 Å². The maximum absolute atomic E-state index is 12.4. The highest BCUT2D eigenvalue weighted by atomic mass is 16.5. The zero-order valence-electron chi connectivity index (χ0n) is 19.2. The molecule has 0 aromatic heterocycles. The van der Waals surface area contributed by atoms with E-state index in [2.05, 4.69) is 29.7 Å². The lowest BCUT2D eigenvalue weighted by molar-refractivity contribution is -0.118. The first kappa shape index (κ1) is 24.3. The maximum atomic E-state index is 12.4. The summed E-state index contributed by atoms with van der Waals surface area (Å²) in [6, 6.07) is 18.9. The number of phenols is 1. The third kappa shape index (κ3) is 6.35. The first-order valence-electron chi connectivity index (χ1n) is 10.7. The smallest absolute Gasteiger partial charge is 0.275 e. The van der Waals surface area contributed by atoms with Crippen LogP contribution < -0.4 is 20.2 Å². The number of hydrogen-bond acceptors (Lipinski definition) is 6. The van der Waals surface area contributed by atoms with Crippen molar-refractivity contribution in [1.82, 2.24) is 5.43 Å². The molecule has 3 N–H and O–H groups in total. The number of nitrogens with zero attached hydrogens (tertiary/aromatic N) is 1. The molecule has 0 heterocycles. The molecule has 0 aliphatic heterocycles. The summed E-state index contributed by atoms with van der Waals surface area (Å²) in [4.78, 5) is 24.5. The number of ether oxygens (including phenoxy) is 2. The highest BCUT2D eigenvalue weighted by Gasteiger charge is 2.12. The molecule has 0 spiro atoms. The third-order valence-corrected chi connectivity index (χ3v) is 4.93. The number of aromatic hydroxyl groups is 1. The number of hydrogen-bond donors (Lipinski definition) is 3.